The summed E-state index contributed by atoms with van der Waals surface area (Å²) >= 11 is 7.11. The lowest BCUT2D eigenvalue weighted by atomic mass is 9.96. The second-order valence-electron chi connectivity index (χ2n) is 11.9. The van der Waals surface area contributed by atoms with E-state index in [9.17, 15) is 14.7 Å². The van der Waals surface area contributed by atoms with Gasteiger partial charge in [-0.2, -0.15) is 4.98 Å². The maximum atomic E-state index is 16.8. The number of halogens is 3. The number of rotatable bonds is 4. The van der Waals surface area contributed by atoms with Crippen LogP contribution >= 0.6 is 11.6 Å². The van der Waals surface area contributed by atoms with E-state index in [4.69, 9.17) is 11.6 Å². The molecule has 9 nitrogen and oxygen atoms in total. The number of phenolic OH excluding ortho intramolecular Hbond substituents is 1. The number of anilines is 2. The van der Waals surface area contributed by atoms with Gasteiger partial charge in [0.05, 0.1) is 38.6 Å². The summed E-state index contributed by atoms with van der Waals surface area (Å²) < 4.78 is 33.5. The van der Waals surface area contributed by atoms with Crippen LogP contribution < -0.4 is 15.9 Å². The van der Waals surface area contributed by atoms with Crippen LogP contribution in [0.25, 0.3) is 27.7 Å². The van der Waals surface area contributed by atoms with Crippen molar-refractivity contribution < 1.29 is 18.7 Å². The number of carbonyl (C=O) groups excluding carboxylic acids is 1. The molecule has 0 aliphatic carbocycles. The number of pyridine rings is 1. The highest BCUT2D eigenvalue weighted by molar-refractivity contribution is 6.39. The molecule has 4 heterocycles. The lowest BCUT2D eigenvalue weighted by molar-refractivity contribution is -0.128. The lowest BCUT2D eigenvalue weighted by Gasteiger charge is -2.46. The minimum Gasteiger partial charge on any atom is -0.507 e. The molecule has 234 valence electrons. The van der Waals surface area contributed by atoms with Crippen LogP contribution in [0.15, 0.2) is 47.9 Å². The minimum atomic E-state index is -0.889. The SMILES string of the molecule is C=CC(=O)N1CC2CCNc3c(F)c(-c4c(O)cccc4F)c(Cl)c4c3c(nc(=O)n4-c3c(C)ccnc3C(C)C)N2CC1C. The van der Waals surface area contributed by atoms with Crippen LogP contribution in [0.4, 0.5) is 20.3 Å². The van der Waals surface area contributed by atoms with Gasteiger partial charge in [-0.1, -0.05) is 38.1 Å². The van der Waals surface area contributed by atoms with Crippen molar-refractivity contribution in [2.24, 2.45) is 0 Å². The Kier molecular flexibility index (Phi) is 7.76. The second-order valence-corrected chi connectivity index (χ2v) is 12.2. The van der Waals surface area contributed by atoms with Crippen LogP contribution in [-0.2, 0) is 4.79 Å². The average Bonchev–Trinajstić information content (AvgIpc) is 2.99. The fraction of sp³-hybridized carbons (Fsp3) is 0.333. The Labute approximate surface area is 263 Å². The van der Waals surface area contributed by atoms with Crippen molar-refractivity contribution in [1.82, 2.24) is 19.4 Å². The van der Waals surface area contributed by atoms with Gasteiger partial charge in [-0.3, -0.25) is 14.3 Å². The molecule has 2 unspecified atom stereocenters. The van der Waals surface area contributed by atoms with E-state index in [1.54, 1.807) is 17.2 Å². The Hall–Kier alpha value is -4.51. The Bertz CT molecular complexity index is 1920. The molecule has 2 aliphatic heterocycles. The first-order valence-corrected chi connectivity index (χ1v) is 15.2. The zero-order chi connectivity index (χ0) is 32.3. The maximum Gasteiger partial charge on any atom is 0.354 e. The van der Waals surface area contributed by atoms with Crippen molar-refractivity contribution in [2.45, 2.75) is 52.1 Å². The minimum absolute atomic E-state index is 0.0216. The number of aromatic hydroxyl groups is 1. The second kappa shape index (κ2) is 11.4. The van der Waals surface area contributed by atoms with E-state index in [1.165, 1.54) is 22.8 Å². The Morgan fingerprint density at radius 1 is 1.22 bits per heavy atom. The topological polar surface area (TPSA) is 104 Å². The van der Waals surface area contributed by atoms with Gasteiger partial charge >= 0.3 is 5.69 Å². The average molecular weight is 635 g/mol. The maximum absolute atomic E-state index is 16.8. The number of carbonyl (C=O) groups is 1. The third-order valence-electron chi connectivity index (χ3n) is 8.71. The molecule has 2 N–H and O–H groups in total. The van der Waals surface area contributed by atoms with Crippen molar-refractivity contribution in [3.63, 3.8) is 0 Å². The molecule has 0 spiro atoms. The van der Waals surface area contributed by atoms with Gasteiger partial charge in [0, 0.05) is 43.5 Å². The van der Waals surface area contributed by atoms with Gasteiger partial charge in [-0.15, -0.1) is 0 Å². The van der Waals surface area contributed by atoms with Crippen LogP contribution in [0.3, 0.4) is 0 Å². The predicted molar refractivity (Wildman–Crippen MR) is 172 cm³/mol. The van der Waals surface area contributed by atoms with E-state index in [0.717, 1.165) is 6.07 Å². The van der Waals surface area contributed by atoms with Crippen LogP contribution in [0.5, 0.6) is 5.75 Å². The fourth-order valence-corrected chi connectivity index (χ4v) is 6.93. The highest BCUT2D eigenvalue weighted by atomic mass is 35.5. The molecule has 0 bridgehead atoms. The van der Waals surface area contributed by atoms with E-state index in [0.29, 0.717) is 36.5 Å². The summed E-state index contributed by atoms with van der Waals surface area (Å²) in [6, 6.07) is 4.88. The quantitative estimate of drug-likeness (QED) is 0.269. The smallest absolute Gasteiger partial charge is 0.354 e. The van der Waals surface area contributed by atoms with Crippen LogP contribution in [0.2, 0.25) is 5.02 Å². The van der Waals surface area contributed by atoms with Crippen LogP contribution in [-0.4, -0.2) is 62.2 Å². The zero-order valence-corrected chi connectivity index (χ0v) is 26.1. The number of fused-ring (bicyclic) bond motifs is 2. The first kappa shape index (κ1) is 30.5. The predicted octanol–water partition coefficient (Wildman–Crippen LogP) is 5.92. The van der Waals surface area contributed by atoms with Crippen molar-refractivity contribution >= 4 is 39.9 Å². The number of hydrogen-bond acceptors (Lipinski definition) is 7. The summed E-state index contributed by atoms with van der Waals surface area (Å²) in [7, 11) is 0. The Balaban J connectivity index is 1.77. The molecule has 1 fully saturated rings. The Morgan fingerprint density at radius 3 is 2.67 bits per heavy atom. The first-order valence-electron chi connectivity index (χ1n) is 14.8. The van der Waals surface area contributed by atoms with E-state index in [1.807, 2.05) is 32.6 Å². The number of nitrogens with zero attached hydrogens (tertiary/aromatic N) is 5. The summed E-state index contributed by atoms with van der Waals surface area (Å²) in [4.78, 5) is 39.8. The standard InChI is InChI=1S/C33H33ClF2N6O3/c1-6-22(44)40-15-19-11-13-38-29-25-31(26(34)24(27(29)36)23-20(35)8-7-9-21(23)43)42(30-17(4)10-12-37-28(30)16(2)3)33(45)39-32(25)41(19)14-18(40)5/h6-10,12,16,18-19,38,43H,1,11,13-15H2,2-5H3. The number of hydrogen-bond donors (Lipinski definition) is 2. The molecular weight excluding hydrogens is 602 g/mol. The summed E-state index contributed by atoms with van der Waals surface area (Å²) in [5, 5.41) is 13.9. The number of aryl methyl sites for hydroxylation is 1. The molecule has 2 aromatic carbocycles. The molecule has 2 aliphatic rings. The molecule has 12 heteroatoms. The van der Waals surface area contributed by atoms with E-state index >= 15 is 8.78 Å². The van der Waals surface area contributed by atoms with Crippen LogP contribution in [0.1, 0.15) is 44.4 Å². The number of phenols is 1. The van der Waals surface area contributed by atoms with Crippen molar-refractivity contribution in [1.29, 1.82) is 0 Å². The molecule has 2 aromatic heterocycles. The summed E-state index contributed by atoms with van der Waals surface area (Å²) in [5.74, 6) is -2.40. The number of benzene rings is 2. The molecule has 0 saturated carbocycles. The lowest BCUT2D eigenvalue weighted by Crippen LogP contribution is -2.60. The third kappa shape index (κ3) is 4.80. The van der Waals surface area contributed by atoms with Gasteiger partial charge in [0.1, 0.15) is 17.4 Å². The summed E-state index contributed by atoms with van der Waals surface area (Å²) in [5.41, 5.74) is 0.320. The van der Waals surface area contributed by atoms with E-state index in [2.05, 4.69) is 21.9 Å². The molecule has 4 aromatic rings. The molecule has 1 saturated heterocycles. The highest BCUT2D eigenvalue weighted by Gasteiger charge is 2.39. The highest BCUT2D eigenvalue weighted by Crippen LogP contribution is 2.49. The molecule has 45 heavy (non-hydrogen) atoms. The van der Waals surface area contributed by atoms with Gasteiger partial charge in [0.2, 0.25) is 5.91 Å². The normalized spacial score (nSPS) is 18.0. The van der Waals surface area contributed by atoms with Gasteiger partial charge in [-0.25, -0.2) is 13.6 Å². The van der Waals surface area contributed by atoms with Crippen molar-refractivity contribution in [2.75, 3.05) is 29.9 Å². The van der Waals surface area contributed by atoms with E-state index in [-0.39, 0.29) is 63.4 Å². The molecule has 1 amide bonds. The largest absolute Gasteiger partial charge is 0.507 e. The van der Waals surface area contributed by atoms with Gasteiger partial charge in [-0.05, 0) is 56.0 Å². The van der Waals surface area contributed by atoms with Gasteiger partial charge in [0.25, 0.3) is 0 Å². The third-order valence-corrected chi connectivity index (χ3v) is 9.08. The fourth-order valence-electron chi connectivity index (χ4n) is 6.58. The van der Waals surface area contributed by atoms with Crippen molar-refractivity contribution in [3.8, 4) is 22.6 Å². The number of amides is 1. The molecular formula is C33H33ClF2N6O3. The van der Waals surface area contributed by atoms with Gasteiger partial charge < -0.3 is 20.2 Å². The molecule has 0 radical (unpaired) electrons. The Morgan fingerprint density at radius 2 is 1.98 bits per heavy atom. The van der Waals surface area contributed by atoms with Crippen LogP contribution in [0, 0.1) is 18.6 Å². The monoisotopic (exact) mass is 634 g/mol. The summed E-state index contributed by atoms with van der Waals surface area (Å²) in [6.45, 7) is 12.2. The molecule has 2 atom stereocenters. The van der Waals surface area contributed by atoms with Crippen molar-refractivity contribution in [3.05, 3.63) is 81.5 Å². The van der Waals surface area contributed by atoms with E-state index < -0.39 is 28.6 Å². The number of piperazine rings is 1. The van der Waals surface area contributed by atoms with Gasteiger partial charge in [0.15, 0.2) is 5.82 Å². The molecule has 6 rings (SSSR count). The summed E-state index contributed by atoms with van der Waals surface area (Å²) in [6.07, 6.45) is 3.40. The first-order chi connectivity index (χ1) is 21.5. The number of aromatic nitrogens is 3. The number of nitrogens with one attached hydrogen (secondary N) is 1. The zero-order valence-electron chi connectivity index (χ0n) is 25.4.